The van der Waals surface area contributed by atoms with Crippen molar-refractivity contribution in [2.24, 2.45) is 0 Å². The highest BCUT2D eigenvalue weighted by atomic mass is 32.1. The molecule has 0 saturated carbocycles. The Morgan fingerprint density at radius 1 is 0.828 bits per heavy atom. The van der Waals surface area contributed by atoms with Gasteiger partial charge < -0.3 is 0 Å². The average molecular weight is 410 g/mol. The lowest BCUT2D eigenvalue weighted by atomic mass is 10.2. The van der Waals surface area contributed by atoms with Crippen LogP contribution in [0.1, 0.15) is 4.88 Å². The number of nitrogens with zero attached hydrogens (tertiary/aromatic N) is 3. The van der Waals surface area contributed by atoms with Crippen LogP contribution in [0, 0.1) is 6.92 Å². The van der Waals surface area contributed by atoms with E-state index in [4.69, 9.17) is 4.98 Å². The maximum Gasteiger partial charge on any atom is 0.148 e. The van der Waals surface area contributed by atoms with Crippen LogP contribution in [0.3, 0.4) is 0 Å². The summed E-state index contributed by atoms with van der Waals surface area (Å²) in [7, 11) is 0. The molecule has 0 aliphatic rings. The number of thiophene rings is 2. The lowest BCUT2D eigenvalue weighted by molar-refractivity contribution is 1.07. The summed E-state index contributed by atoms with van der Waals surface area (Å²) in [6, 6.07) is 21.8. The standard InChI is InChI=1S/C24H15N3S2/c1-14-12-18-22-17(10-11-28-22)23-25-13-21(27(23)24(18)29-14)26-19-8-4-2-6-15(19)16-7-3-5-9-20(16)26/h2-13H,1H3. The van der Waals surface area contributed by atoms with Gasteiger partial charge in [-0.25, -0.2) is 4.98 Å². The Balaban J connectivity index is 1.75. The summed E-state index contributed by atoms with van der Waals surface area (Å²) in [5, 5.41) is 7.27. The van der Waals surface area contributed by atoms with Crippen LogP contribution in [0.4, 0.5) is 0 Å². The highest BCUT2D eigenvalue weighted by molar-refractivity contribution is 7.21. The molecule has 5 heterocycles. The molecular formula is C24H15N3S2. The summed E-state index contributed by atoms with van der Waals surface area (Å²) in [6.07, 6.45) is 2.03. The highest BCUT2D eigenvalue weighted by Gasteiger charge is 2.19. The Hall–Kier alpha value is -3.15. The third-order valence-corrected chi connectivity index (χ3v) is 7.73. The van der Waals surface area contributed by atoms with Crippen LogP contribution in [0.25, 0.3) is 53.6 Å². The molecule has 0 bridgehead atoms. The van der Waals surface area contributed by atoms with E-state index in [1.54, 1.807) is 11.3 Å². The second-order valence-corrected chi connectivity index (χ2v) is 9.54. The van der Waals surface area contributed by atoms with E-state index in [-0.39, 0.29) is 0 Å². The number of rotatable bonds is 1. The first-order valence-electron chi connectivity index (χ1n) is 9.56. The molecule has 138 valence electrons. The molecule has 0 spiro atoms. The number of benzene rings is 2. The Morgan fingerprint density at radius 2 is 1.55 bits per heavy atom. The minimum absolute atomic E-state index is 1.03. The van der Waals surface area contributed by atoms with Crippen LogP contribution in [-0.2, 0) is 0 Å². The molecular weight excluding hydrogens is 394 g/mol. The molecule has 0 unspecified atom stereocenters. The molecule has 0 aliphatic carbocycles. The van der Waals surface area contributed by atoms with Gasteiger partial charge in [-0.15, -0.1) is 22.7 Å². The molecule has 3 nitrogen and oxygen atoms in total. The topological polar surface area (TPSA) is 22.2 Å². The largest absolute Gasteiger partial charge is 0.294 e. The van der Waals surface area contributed by atoms with Gasteiger partial charge in [-0.2, -0.15) is 0 Å². The van der Waals surface area contributed by atoms with Gasteiger partial charge in [0.1, 0.15) is 16.3 Å². The van der Waals surface area contributed by atoms with Gasteiger partial charge in [0.15, 0.2) is 0 Å². The molecule has 0 radical (unpaired) electrons. The summed E-state index contributed by atoms with van der Waals surface area (Å²) in [5.74, 6) is 1.09. The van der Waals surface area contributed by atoms with Crippen molar-refractivity contribution in [3.8, 4) is 5.82 Å². The first-order valence-corrected chi connectivity index (χ1v) is 11.3. The Kier molecular flexibility index (Phi) is 2.97. The first-order chi connectivity index (χ1) is 14.3. The summed E-state index contributed by atoms with van der Waals surface area (Å²) in [6.45, 7) is 2.19. The van der Waals surface area contributed by atoms with Gasteiger partial charge in [0.25, 0.3) is 0 Å². The van der Waals surface area contributed by atoms with Crippen LogP contribution in [0.5, 0.6) is 0 Å². The molecule has 0 aliphatic heterocycles. The van der Waals surface area contributed by atoms with Gasteiger partial charge in [-0.05, 0) is 36.6 Å². The quantitative estimate of drug-likeness (QED) is 0.282. The molecule has 0 fully saturated rings. The number of hydrogen-bond acceptors (Lipinski definition) is 3. The lowest BCUT2D eigenvalue weighted by Crippen LogP contribution is -1.99. The van der Waals surface area contributed by atoms with Gasteiger partial charge in [0.05, 0.1) is 17.2 Å². The maximum absolute atomic E-state index is 4.90. The fourth-order valence-corrected chi connectivity index (χ4v) is 6.58. The molecule has 5 aromatic heterocycles. The zero-order valence-corrected chi connectivity index (χ0v) is 17.2. The van der Waals surface area contributed by atoms with E-state index in [1.807, 2.05) is 17.5 Å². The highest BCUT2D eigenvalue weighted by Crippen LogP contribution is 2.40. The summed E-state index contributed by atoms with van der Waals surface area (Å²) in [4.78, 5) is 7.49. The predicted octanol–water partition coefficient (Wildman–Crippen LogP) is 7.17. The Bertz CT molecular complexity index is 1670. The predicted molar refractivity (Wildman–Crippen MR) is 125 cm³/mol. The summed E-state index contributed by atoms with van der Waals surface area (Å²) >= 11 is 3.65. The number of para-hydroxylation sites is 2. The van der Waals surface area contributed by atoms with Gasteiger partial charge in [-0.1, -0.05) is 36.4 Å². The number of aryl methyl sites for hydroxylation is 1. The van der Waals surface area contributed by atoms with Crippen molar-refractivity contribution in [2.75, 3.05) is 0 Å². The second kappa shape index (κ2) is 5.47. The van der Waals surface area contributed by atoms with E-state index in [0.29, 0.717) is 0 Å². The number of pyridine rings is 1. The van der Waals surface area contributed by atoms with E-state index in [9.17, 15) is 0 Å². The van der Waals surface area contributed by atoms with Crippen molar-refractivity contribution < 1.29 is 0 Å². The summed E-state index contributed by atoms with van der Waals surface area (Å²) in [5.41, 5.74) is 3.46. The van der Waals surface area contributed by atoms with Gasteiger partial charge in [-0.3, -0.25) is 8.97 Å². The van der Waals surface area contributed by atoms with E-state index in [2.05, 4.69) is 81.9 Å². The third-order valence-electron chi connectivity index (χ3n) is 5.74. The lowest BCUT2D eigenvalue weighted by Gasteiger charge is -2.09. The monoisotopic (exact) mass is 409 g/mol. The number of fused-ring (bicyclic) bond motifs is 9. The van der Waals surface area contributed by atoms with E-state index in [1.165, 1.54) is 47.0 Å². The zero-order valence-electron chi connectivity index (χ0n) is 15.6. The summed E-state index contributed by atoms with van der Waals surface area (Å²) < 4.78 is 6.04. The third kappa shape index (κ3) is 1.94. The zero-order chi connectivity index (χ0) is 19.1. The van der Waals surface area contributed by atoms with Crippen LogP contribution in [0.15, 0.2) is 72.2 Å². The molecule has 0 amide bonds. The average Bonchev–Trinajstić information content (AvgIpc) is 3.50. The van der Waals surface area contributed by atoms with Crippen molar-refractivity contribution in [2.45, 2.75) is 6.92 Å². The van der Waals surface area contributed by atoms with Crippen molar-refractivity contribution in [1.29, 1.82) is 0 Å². The second-order valence-electron chi connectivity index (χ2n) is 7.38. The SMILES string of the molecule is Cc1cc2c3sccc3c3ncc(-n4c5ccccc5c5ccccc54)n3c2s1. The molecule has 0 N–H and O–H groups in total. The fourth-order valence-electron chi connectivity index (χ4n) is 4.58. The minimum atomic E-state index is 1.03. The van der Waals surface area contributed by atoms with Crippen LogP contribution in [0.2, 0.25) is 0 Å². The number of hydrogen-bond donors (Lipinski definition) is 0. The normalized spacial score (nSPS) is 12.3. The van der Waals surface area contributed by atoms with Crippen molar-refractivity contribution in [3.63, 3.8) is 0 Å². The molecule has 0 saturated heterocycles. The van der Waals surface area contributed by atoms with Crippen molar-refractivity contribution >= 4 is 70.4 Å². The minimum Gasteiger partial charge on any atom is -0.294 e. The molecule has 29 heavy (non-hydrogen) atoms. The van der Waals surface area contributed by atoms with Gasteiger partial charge in [0.2, 0.25) is 0 Å². The molecule has 0 atom stereocenters. The molecule has 7 aromatic rings. The van der Waals surface area contributed by atoms with Crippen LogP contribution in [-0.4, -0.2) is 14.0 Å². The van der Waals surface area contributed by atoms with E-state index < -0.39 is 0 Å². The first kappa shape index (κ1) is 15.7. The molecule has 7 rings (SSSR count). The van der Waals surface area contributed by atoms with Gasteiger partial charge >= 0.3 is 0 Å². The van der Waals surface area contributed by atoms with Crippen LogP contribution < -0.4 is 0 Å². The van der Waals surface area contributed by atoms with E-state index >= 15 is 0 Å². The van der Waals surface area contributed by atoms with Crippen molar-refractivity contribution in [1.82, 2.24) is 14.0 Å². The number of imidazole rings is 1. The Labute approximate surface area is 174 Å². The molecule has 2 aromatic carbocycles. The fraction of sp³-hybridized carbons (Fsp3) is 0.0417. The maximum atomic E-state index is 4.90. The molecule has 5 heteroatoms. The van der Waals surface area contributed by atoms with Crippen LogP contribution >= 0.6 is 22.7 Å². The Morgan fingerprint density at radius 3 is 2.31 bits per heavy atom. The van der Waals surface area contributed by atoms with Crippen molar-refractivity contribution in [3.05, 3.63) is 77.1 Å². The number of aromatic nitrogens is 3. The smallest absolute Gasteiger partial charge is 0.148 e. The van der Waals surface area contributed by atoms with E-state index in [0.717, 1.165) is 11.5 Å². The van der Waals surface area contributed by atoms with Gasteiger partial charge in [0, 0.05) is 31.1 Å².